The third kappa shape index (κ3) is 4.07. The van der Waals surface area contributed by atoms with Gasteiger partial charge in [-0.05, 0) is 42.0 Å². The van der Waals surface area contributed by atoms with Gasteiger partial charge in [-0.2, -0.15) is 0 Å². The highest BCUT2D eigenvalue weighted by molar-refractivity contribution is 7.92. The molecule has 140 valence electrons. The van der Waals surface area contributed by atoms with Crippen LogP contribution in [0.25, 0.3) is 10.8 Å². The molecule has 3 aromatic rings. The van der Waals surface area contributed by atoms with Gasteiger partial charge >= 0.3 is 5.97 Å². The summed E-state index contributed by atoms with van der Waals surface area (Å²) in [5.74, 6) is -0.651. The van der Waals surface area contributed by atoms with Gasteiger partial charge in [-0.3, -0.25) is 9.10 Å². The van der Waals surface area contributed by atoms with E-state index in [4.69, 9.17) is 16.3 Å². The zero-order valence-electron chi connectivity index (χ0n) is 14.6. The van der Waals surface area contributed by atoms with E-state index in [0.29, 0.717) is 0 Å². The number of sulfonamides is 1. The summed E-state index contributed by atoms with van der Waals surface area (Å²) in [5.41, 5.74) is 0.223. The molecule has 0 aliphatic carbocycles. The Morgan fingerprint density at radius 2 is 1.67 bits per heavy atom. The van der Waals surface area contributed by atoms with E-state index in [9.17, 15) is 13.2 Å². The molecular formula is C20H18ClNO4S. The van der Waals surface area contributed by atoms with Gasteiger partial charge in [0.25, 0.3) is 10.0 Å². The number of carbonyl (C=O) groups is 1. The van der Waals surface area contributed by atoms with Crippen molar-refractivity contribution in [2.24, 2.45) is 0 Å². The fourth-order valence-electron chi connectivity index (χ4n) is 2.73. The van der Waals surface area contributed by atoms with E-state index in [-0.39, 0.29) is 22.2 Å². The Balaban J connectivity index is 2.10. The first kappa shape index (κ1) is 19.2. The summed E-state index contributed by atoms with van der Waals surface area (Å²) in [6.07, 6.45) is 0. The molecule has 0 aliphatic rings. The highest BCUT2D eigenvalue weighted by Crippen LogP contribution is 2.31. The molecule has 3 rings (SSSR count). The average Bonchev–Trinajstić information content (AvgIpc) is 2.66. The van der Waals surface area contributed by atoms with Crippen LogP contribution in [0.15, 0.2) is 71.6 Å². The van der Waals surface area contributed by atoms with Crippen molar-refractivity contribution in [1.82, 2.24) is 0 Å². The van der Waals surface area contributed by atoms with E-state index < -0.39 is 22.5 Å². The number of anilines is 1. The third-order valence-electron chi connectivity index (χ3n) is 4.01. The smallest absolute Gasteiger partial charge is 0.326 e. The summed E-state index contributed by atoms with van der Waals surface area (Å²) in [6, 6.07) is 18.8. The number of nitrogens with zero attached hydrogens (tertiary/aromatic N) is 1. The predicted molar refractivity (Wildman–Crippen MR) is 107 cm³/mol. The number of para-hydroxylation sites is 1. The lowest BCUT2D eigenvalue weighted by molar-refractivity contribution is -0.141. The topological polar surface area (TPSA) is 63.7 Å². The van der Waals surface area contributed by atoms with Crippen LogP contribution in [0.4, 0.5) is 5.69 Å². The van der Waals surface area contributed by atoms with Gasteiger partial charge in [0, 0.05) is 0 Å². The van der Waals surface area contributed by atoms with E-state index in [2.05, 4.69) is 0 Å². The van der Waals surface area contributed by atoms with Gasteiger partial charge in [0.05, 0.1) is 22.2 Å². The zero-order chi connectivity index (χ0) is 19.4. The molecule has 0 N–H and O–H groups in total. The second-order valence-corrected chi connectivity index (χ2v) is 8.05. The Morgan fingerprint density at radius 1 is 1.00 bits per heavy atom. The number of fused-ring (bicyclic) bond motifs is 1. The van der Waals surface area contributed by atoms with Crippen LogP contribution >= 0.6 is 11.6 Å². The second kappa shape index (κ2) is 7.98. The van der Waals surface area contributed by atoms with Crippen LogP contribution < -0.4 is 4.31 Å². The first-order chi connectivity index (χ1) is 12.9. The Morgan fingerprint density at radius 3 is 2.37 bits per heavy atom. The molecule has 0 bridgehead atoms. The van der Waals surface area contributed by atoms with Crippen molar-refractivity contribution in [3.63, 3.8) is 0 Å². The molecule has 0 saturated heterocycles. The van der Waals surface area contributed by atoms with Crippen LogP contribution in [0.5, 0.6) is 0 Å². The standard InChI is InChI=1S/C20H18ClNO4S/c1-2-26-20(23)14-22(19-10-6-5-9-18(19)21)27(24,25)17-12-11-15-7-3-4-8-16(15)13-17/h3-13H,2,14H2,1H3. The van der Waals surface area contributed by atoms with Crippen molar-refractivity contribution in [1.29, 1.82) is 0 Å². The summed E-state index contributed by atoms with van der Waals surface area (Å²) in [7, 11) is -4.03. The highest BCUT2D eigenvalue weighted by atomic mass is 35.5. The molecule has 0 unspecified atom stereocenters. The number of hydrogen-bond donors (Lipinski definition) is 0. The van der Waals surface area contributed by atoms with Crippen LogP contribution in [-0.4, -0.2) is 27.5 Å². The molecule has 0 aliphatic heterocycles. The summed E-state index contributed by atoms with van der Waals surface area (Å²) in [5, 5.41) is 1.94. The van der Waals surface area contributed by atoms with Crippen LogP contribution in [0, 0.1) is 0 Å². The van der Waals surface area contributed by atoms with Gasteiger partial charge in [-0.15, -0.1) is 0 Å². The van der Waals surface area contributed by atoms with Gasteiger partial charge in [0.1, 0.15) is 6.54 Å². The van der Waals surface area contributed by atoms with Crippen LogP contribution in [0.1, 0.15) is 6.92 Å². The molecule has 0 aromatic heterocycles. The minimum absolute atomic E-state index is 0.0745. The molecule has 3 aromatic carbocycles. The SMILES string of the molecule is CCOC(=O)CN(c1ccccc1Cl)S(=O)(=O)c1ccc2ccccc2c1. The van der Waals surface area contributed by atoms with Crippen LogP contribution in [-0.2, 0) is 19.6 Å². The maximum atomic E-state index is 13.3. The summed E-state index contributed by atoms with van der Waals surface area (Å²) >= 11 is 6.21. The lowest BCUT2D eigenvalue weighted by Gasteiger charge is -2.24. The number of benzene rings is 3. The molecule has 0 spiro atoms. The number of ether oxygens (including phenoxy) is 1. The van der Waals surface area contributed by atoms with E-state index in [1.165, 1.54) is 6.07 Å². The monoisotopic (exact) mass is 403 g/mol. The number of carbonyl (C=O) groups excluding carboxylic acids is 1. The number of esters is 1. The first-order valence-electron chi connectivity index (χ1n) is 8.35. The molecule has 0 fully saturated rings. The average molecular weight is 404 g/mol. The second-order valence-electron chi connectivity index (χ2n) is 5.78. The zero-order valence-corrected chi connectivity index (χ0v) is 16.2. The number of rotatable bonds is 6. The van der Waals surface area contributed by atoms with Crippen LogP contribution in [0.3, 0.4) is 0 Å². The molecule has 0 atom stereocenters. The molecule has 0 saturated carbocycles. The number of hydrogen-bond acceptors (Lipinski definition) is 4. The highest BCUT2D eigenvalue weighted by Gasteiger charge is 2.29. The van der Waals surface area contributed by atoms with E-state index in [1.807, 2.05) is 24.3 Å². The molecule has 5 nitrogen and oxygen atoms in total. The largest absolute Gasteiger partial charge is 0.465 e. The molecule has 0 heterocycles. The van der Waals surface area contributed by atoms with Gasteiger partial charge in [0.15, 0.2) is 0 Å². The first-order valence-corrected chi connectivity index (χ1v) is 10.2. The minimum atomic E-state index is -4.03. The van der Waals surface area contributed by atoms with Gasteiger partial charge in [-0.1, -0.05) is 54.1 Å². The Hall–Kier alpha value is -2.57. The van der Waals surface area contributed by atoms with E-state index in [1.54, 1.807) is 43.3 Å². The van der Waals surface area contributed by atoms with Crippen LogP contribution in [0.2, 0.25) is 5.02 Å². The summed E-state index contributed by atoms with van der Waals surface area (Å²) < 4.78 is 32.6. The van der Waals surface area contributed by atoms with Crippen molar-refractivity contribution >= 4 is 44.1 Å². The van der Waals surface area contributed by atoms with Gasteiger partial charge in [-0.25, -0.2) is 8.42 Å². The molecule has 0 radical (unpaired) electrons. The van der Waals surface area contributed by atoms with Crippen molar-refractivity contribution in [2.75, 3.05) is 17.5 Å². The van der Waals surface area contributed by atoms with Crippen molar-refractivity contribution in [3.8, 4) is 0 Å². The van der Waals surface area contributed by atoms with Crippen molar-refractivity contribution in [3.05, 3.63) is 71.8 Å². The molecule has 0 amide bonds. The Kier molecular flexibility index (Phi) is 5.68. The fraction of sp³-hybridized carbons (Fsp3) is 0.150. The Bertz CT molecular complexity index is 1080. The quantitative estimate of drug-likeness (QED) is 0.577. The maximum absolute atomic E-state index is 13.3. The minimum Gasteiger partial charge on any atom is -0.465 e. The van der Waals surface area contributed by atoms with Crippen molar-refractivity contribution in [2.45, 2.75) is 11.8 Å². The number of halogens is 1. The Labute approximate surface area is 163 Å². The van der Waals surface area contributed by atoms with E-state index >= 15 is 0 Å². The maximum Gasteiger partial charge on any atom is 0.326 e. The lowest BCUT2D eigenvalue weighted by atomic mass is 10.1. The predicted octanol–water partition coefficient (Wildman–Crippen LogP) is 4.25. The summed E-state index contributed by atoms with van der Waals surface area (Å²) in [6.45, 7) is 1.35. The van der Waals surface area contributed by atoms with Gasteiger partial charge < -0.3 is 4.74 Å². The van der Waals surface area contributed by atoms with Crippen molar-refractivity contribution < 1.29 is 17.9 Å². The molecule has 27 heavy (non-hydrogen) atoms. The molecular weight excluding hydrogens is 386 g/mol. The summed E-state index contributed by atoms with van der Waals surface area (Å²) in [4.78, 5) is 12.1. The fourth-order valence-corrected chi connectivity index (χ4v) is 4.48. The third-order valence-corrected chi connectivity index (χ3v) is 6.08. The van der Waals surface area contributed by atoms with E-state index in [0.717, 1.165) is 15.1 Å². The normalized spacial score (nSPS) is 11.3. The lowest BCUT2D eigenvalue weighted by Crippen LogP contribution is -2.36. The van der Waals surface area contributed by atoms with Gasteiger partial charge in [0.2, 0.25) is 0 Å². The molecule has 7 heteroatoms.